The Hall–Kier alpha value is -0.690. The summed E-state index contributed by atoms with van der Waals surface area (Å²) in [6, 6.07) is 0.136. The van der Waals surface area contributed by atoms with E-state index in [4.69, 9.17) is 4.74 Å². The molecule has 0 unspecified atom stereocenters. The van der Waals surface area contributed by atoms with Crippen LogP contribution in [0.15, 0.2) is 4.34 Å². The van der Waals surface area contributed by atoms with Gasteiger partial charge >= 0.3 is 6.01 Å². The van der Waals surface area contributed by atoms with Crippen molar-refractivity contribution in [3.8, 4) is 6.01 Å². The van der Waals surface area contributed by atoms with Crippen LogP contribution in [0, 0.1) is 5.92 Å². The van der Waals surface area contributed by atoms with Crippen molar-refractivity contribution in [1.82, 2.24) is 9.36 Å². The first-order valence-corrected chi connectivity index (χ1v) is 8.15. The third-order valence-corrected chi connectivity index (χ3v) is 6.03. The fraction of sp³-hybridized carbons (Fsp3) is 0.800. The molecule has 7 heteroatoms. The summed E-state index contributed by atoms with van der Waals surface area (Å²) in [6.07, 6.45) is 5.52. The molecule has 96 valence electrons. The molecule has 5 nitrogen and oxygen atoms in total. The van der Waals surface area contributed by atoms with Crippen LogP contribution >= 0.6 is 11.5 Å². The quantitative estimate of drug-likeness (QED) is 0.840. The molecule has 17 heavy (non-hydrogen) atoms. The van der Waals surface area contributed by atoms with Gasteiger partial charge in [-0.1, -0.05) is 19.3 Å². The van der Waals surface area contributed by atoms with Crippen LogP contribution in [-0.4, -0.2) is 30.6 Å². The molecular weight excluding hydrogens is 260 g/mol. The van der Waals surface area contributed by atoms with Crippen LogP contribution in [0.5, 0.6) is 6.01 Å². The molecule has 0 N–H and O–H groups in total. The van der Waals surface area contributed by atoms with Crippen molar-refractivity contribution in [3.63, 3.8) is 0 Å². The minimum atomic E-state index is -3.28. The number of hydrogen-bond donors (Lipinski definition) is 0. The first kappa shape index (κ1) is 12.8. The lowest BCUT2D eigenvalue weighted by Gasteiger charge is -2.20. The van der Waals surface area contributed by atoms with Gasteiger partial charge in [0.15, 0.2) is 0 Å². The van der Waals surface area contributed by atoms with E-state index in [0.29, 0.717) is 0 Å². The predicted octanol–water partition coefficient (Wildman–Crippen LogP) is 1.90. The second kappa shape index (κ2) is 5.30. The van der Waals surface area contributed by atoms with Crippen LogP contribution in [0.3, 0.4) is 0 Å². The second-order valence-corrected chi connectivity index (χ2v) is 7.29. The summed E-state index contributed by atoms with van der Waals surface area (Å²) >= 11 is 0.896. The maximum Gasteiger partial charge on any atom is 0.329 e. The van der Waals surface area contributed by atoms with E-state index in [-0.39, 0.29) is 22.0 Å². The number of sulfone groups is 1. The topological polar surface area (TPSA) is 69.2 Å². The van der Waals surface area contributed by atoms with E-state index >= 15 is 0 Å². The van der Waals surface area contributed by atoms with Crippen LogP contribution in [0.2, 0.25) is 0 Å². The minimum Gasteiger partial charge on any atom is -0.466 e. The smallest absolute Gasteiger partial charge is 0.329 e. The summed E-state index contributed by atoms with van der Waals surface area (Å²) in [5, 5.41) is 0. The number of aromatic nitrogens is 2. The van der Waals surface area contributed by atoms with Crippen LogP contribution in [-0.2, 0) is 9.84 Å². The summed E-state index contributed by atoms with van der Waals surface area (Å²) < 4.78 is 32.9. The normalized spacial score (nSPS) is 18.2. The van der Waals surface area contributed by atoms with Gasteiger partial charge in [-0.3, -0.25) is 0 Å². The number of methoxy groups -OCH3 is 1. The maximum atomic E-state index is 12.1. The molecule has 1 aromatic heterocycles. The fourth-order valence-corrected chi connectivity index (χ4v) is 4.62. The highest BCUT2D eigenvalue weighted by Gasteiger charge is 2.26. The average molecular weight is 276 g/mol. The van der Waals surface area contributed by atoms with Gasteiger partial charge in [-0.25, -0.2) is 8.42 Å². The van der Waals surface area contributed by atoms with Gasteiger partial charge in [0.2, 0.25) is 14.2 Å². The SMILES string of the molecule is COc1nsc(S(=O)(=O)CC2CCCCC2)n1. The van der Waals surface area contributed by atoms with E-state index in [1.165, 1.54) is 13.5 Å². The molecule has 0 spiro atoms. The Bertz CT molecular complexity index is 464. The largest absolute Gasteiger partial charge is 0.466 e. The lowest BCUT2D eigenvalue weighted by atomic mass is 9.91. The molecule has 1 saturated carbocycles. The fourth-order valence-electron chi connectivity index (χ4n) is 2.14. The molecule has 0 atom stereocenters. The molecule has 0 bridgehead atoms. The average Bonchev–Trinajstić information content (AvgIpc) is 2.79. The Labute approximate surface area is 105 Å². The van der Waals surface area contributed by atoms with Gasteiger partial charge in [0.05, 0.1) is 12.9 Å². The van der Waals surface area contributed by atoms with Crippen molar-refractivity contribution in [2.24, 2.45) is 5.92 Å². The summed E-state index contributed by atoms with van der Waals surface area (Å²) in [5.41, 5.74) is 0. The number of rotatable bonds is 4. The monoisotopic (exact) mass is 276 g/mol. The first-order valence-electron chi connectivity index (χ1n) is 5.72. The van der Waals surface area contributed by atoms with E-state index in [9.17, 15) is 8.42 Å². The molecule has 1 aromatic rings. The highest BCUT2D eigenvalue weighted by Crippen LogP contribution is 2.28. The molecule has 0 saturated heterocycles. The Morgan fingerprint density at radius 1 is 1.35 bits per heavy atom. The Morgan fingerprint density at radius 3 is 2.65 bits per heavy atom. The van der Waals surface area contributed by atoms with Crippen LogP contribution < -0.4 is 4.74 Å². The number of ether oxygens (including phenoxy) is 1. The highest BCUT2D eigenvalue weighted by molar-refractivity contribution is 7.93. The molecule has 0 radical (unpaired) electrons. The van der Waals surface area contributed by atoms with E-state index in [1.807, 2.05) is 0 Å². The van der Waals surface area contributed by atoms with E-state index in [0.717, 1.165) is 37.2 Å². The van der Waals surface area contributed by atoms with Crippen LogP contribution in [0.4, 0.5) is 0 Å². The predicted molar refractivity (Wildman–Crippen MR) is 65.1 cm³/mol. The van der Waals surface area contributed by atoms with Crippen molar-refractivity contribution >= 4 is 21.4 Å². The van der Waals surface area contributed by atoms with Gasteiger partial charge in [-0.05, 0) is 18.8 Å². The Balaban J connectivity index is 2.07. The lowest BCUT2D eigenvalue weighted by molar-refractivity contribution is 0.380. The molecule has 1 aliphatic carbocycles. The number of nitrogens with zero attached hydrogens (tertiary/aromatic N) is 2. The van der Waals surface area contributed by atoms with E-state index < -0.39 is 9.84 Å². The zero-order valence-corrected chi connectivity index (χ0v) is 11.4. The summed E-state index contributed by atoms with van der Waals surface area (Å²) in [6.45, 7) is 0. The molecule has 1 aliphatic rings. The molecular formula is C10H16N2O3S2. The molecule has 0 aromatic carbocycles. The third-order valence-electron chi connectivity index (χ3n) is 3.02. The van der Waals surface area contributed by atoms with Crippen LogP contribution in [0.25, 0.3) is 0 Å². The summed E-state index contributed by atoms with van der Waals surface area (Å²) in [4.78, 5) is 3.86. The maximum absolute atomic E-state index is 12.1. The van der Waals surface area contributed by atoms with Gasteiger partial charge in [0.1, 0.15) is 0 Å². The van der Waals surface area contributed by atoms with E-state index in [1.54, 1.807) is 0 Å². The van der Waals surface area contributed by atoms with E-state index in [2.05, 4.69) is 9.36 Å². The van der Waals surface area contributed by atoms with Crippen molar-refractivity contribution in [2.75, 3.05) is 12.9 Å². The molecule has 1 heterocycles. The minimum absolute atomic E-state index is 0.0833. The molecule has 2 rings (SSSR count). The summed E-state index contributed by atoms with van der Waals surface area (Å²) in [7, 11) is -1.85. The van der Waals surface area contributed by atoms with Gasteiger partial charge in [0.25, 0.3) is 0 Å². The highest BCUT2D eigenvalue weighted by atomic mass is 32.2. The molecule has 0 amide bonds. The number of hydrogen-bond acceptors (Lipinski definition) is 6. The Morgan fingerprint density at radius 2 is 2.06 bits per heavy atom. The van der Waals surface area contributed by atoms with Crippen molar-refractivity contribution in [2.45, 2.75) is 36.4 Å². The van der Waals surface area contributed by atoms with Crippen LogP contribution in [0.1, 0.15) is 32.1 Å². The van der Waals surface area contributed by atoms with Crippen molar-refractivity contribution in [1.29, 1.82) is 0 Å². The standard InChI is InChI=1S/C10H16N2O3S2/c1-15-9-11-10(16-12-9)17(13,14)7-8-5-3-2-4-6-8/h8H,2-7H2,1H3. The zero-order chi connectivity index (χ0) is 12.3. The molecule has 1 fully saturated rings. The van der Waals surface area contributed by atoms with Crippen molar-refractivity contribution < 1.29 is 13.2 Å². The van der Waals surface area contributed by atoms with Gasteiger partial charge in [-0.2, -0.15) is 4.98 Å². The zero-order valence-electron chi connectivity index (χ0n) is 9.76. The second-order valence-electron chi connectivity index (χ2n) is 4.33. The first-order chi connectivity index (χ1) is 8.12. The van der Waals surface area contributed by atoms with Crippen molar-refractivity contribution in [3.05, 3.63) is 0 Å². The third kappa shape index (κ3) is 3.16. The Kier molecular flexibility index (Phi) is 3.98. The lowest BCUT2D eigenvalue weighted by Crippen LogP contribution is -2.18. The van der Waals surface area contributed by atoms with Gasteiger partial charge < -0.3 is 4.74 Å². The molecule has 0 aliphatic heterocycles. The van der Waals surface area contributed by atoms with Gasteiger partial charge in [0, 0.05) is 11.5 Å². The van der Waals surface area contributed by atoms with Gasteiger partial charge in [-0.15, -0.1) is 4.37 Å². The summed E-state index contributed by atoms with van der Waals surface area (Å²) in [5.74, 6) is 0.481.